The molecule has 26 heavy (non-hydrogen) atoms. The lowest BCUT2D eigenvalue weighted by molar-refractivity contribution is -0.00569. The van der Waals surface area contributed by atoms with Crippen molar-refractivity contribution in [1.29, 1.82) is 0 Å². The maximum Gasteiger partial charge on any atom is 0.229 e. The molecule has 2 atom stereocenters. The van der Waals surface area contributed by atoms with E-state index in [-0.39, 0.29) is 12.2 Å². The predicted molar refractivity (Wildman–Crippen MR) is 103 cm³/mol. The van der Waals surface area contributed by atoms with E-state index in [0.717, 1.165) is 35.6 Å². The van der Waals surface area contributed by atoms with Gasteiger partial charge in [0.15, 0.2) is 5.65 Å². The van der Waals surface area contributed by atoms with Crippen LogP contribution in [0.25, 0.3) is 11.0 Å². The van der Waals surface area contributed by atoms with Gasteiger partial charge in [-0.25, -0.2) is 0 Å². The van der Waals surface area contributed by atoms with E-state index in [1.54, 1.807) is 10.9 Å². The molecule has 0 bridgehead atoms. The zero-order valence-corrected chi connectivity index (χ0v) is 15.6. The molecule has 0 radical (unpaired) electrons. The fourth-order valence-electron chi connectivity index (χ4n) is 3.36. The Labute approximate surface area is 153 Å². The molecule has 7 nitrogen and oxygen atoms in total. The molecule has 0 aliphatic carbocycles. The number of hydrogen-bond donors (Lipinski definition) is 1. The van der Waals surface area contributed by atoms with Crippen molar-refractivity contribution in [3.8, 4) is 0 Å². The fourth-order valence-corrected chi connectivity index (χ4v) is 3.36. The number of rotatable bonds is 3. The van der Waals surface area contributed by atoms with Crippen molar-refractivity contribution in [2.45, 2.75) is 33.0 Å². The van der Waals surface area contributed by atoms with Gasteiger partial charge in [-0.2, -0.15) is 15.1 Å². The molecular formula is C19H24N6O. The summed E-state index contributed by atoms with van der Waals surface area (Å²) >= 11 is 0. The Morgan fingerprint density at radius 3 is 2.46 bits per heavy atom. The minimum Gasteiger partial charge on any atom is -0.372 e. The van der Waals surface area contributed by atoms with Gasteiger partial charge in [0, 0.05) is 25.8 Å². The molecule has 1 N–H and O–H groups in total. The third-order valence-electron chi connectivity index (χ3n) is 4.60. The minimum absolute atomic E-state index is 0.151. The van der Waals surface area contributed by atoms with Gasteiger partial charge in [-0.05, 0) is 32.9 Å². The van der Waals surface area contributed by atoms with Gasteiger partial charge in [-0.1, -0.05) is 17.7 Å². The maximum absolute atomic E-state index is 5.84. The van der Waals surface area contributed by atoms with E-state index in [2.05, 4.69) is 60.4 Å². The van der Waals surface area contributed by atoms with Gasteiger partial charge >= 0.3 is 0 Å². The summed E-state index contributed by atoms with van der Waals surface area (Å²) in [6, 6.07) is 8.27. The van der Waals surface area contributed by atoms with E-state index in [4.69, 9.17) is 14.7 Å². The summed E-state index contributed by atoms with van der Waals surface area (Å²) in [4.78, 5) is 11.8. The largest absolute Gasteiger partial charge is 0.372 e. The Hall–Kier alpha value is -2.67. The van der Waals surface area contributed by atoms with Crippen LogP contribution in [0.5, 0.6) is 0 Å². The van der Waals surface area contributed by atoms with Crippen LogP contribution in [0.2, 0.25) is 0 Å². The van der Waals surface area contributed by atoms with Crippen molar-refractivity contribution in [1.82, 2.24) is 19.7 Å². The predicted octanol–water partition coefficient (Wildman–Crippen LogP) is 3.03. The number of nitrogens with one attached hydrogen (secondary N) is 1. The normalized spacial score (nSPS) is 20.5. The molecule has 1 aromatic carbocycles. The minimum atomic E-state index is 0.151. The molecule has 0 amide bonds. The van der Waals surface area contributed by atoms with E-state index in [1.807, 2.05) is 7.05 Å². The van der Waals surface area contributed by atoms with Crippen LogP contribution in [0, 0.1) is 6.92 Å². The summed E-state index contributed by atoms with van der Waals surface area (Å²) in [5.41, 5.74) is 3.03. The first-order valence-electron chi connectivity index (χ1n) is 8.93. The van der Waals surface area contributed by atoms with Crippen LogP contribution in [0.15, 0.2) is 30.5 Å². The third-order valence-corrected chi connectivity index (χ3v) is 4.60. The van der Waals surface area contributed by atoms with Crippen LogP contribution in [-0.2, 0) is 11.8 Å². The molecule has 7 heteroatoms. The summed E-state index contributed by atoms with van der Waals surface area (Å²) in [5.74, 6) is 1.48. The van der Waals surface area contributed by atoms with Crippen molar-refractivity contribution in [3.05, 3.63) is 36.0 Å². The van der Waals surface area contributed by atoms with Crippen molar-refractivity contribution in [2.24, 2.45) is 7.05 Å². The highest BCUT2D eigenvalue weighted by molar-refractivity contribution is 5.89. The molecular weight excluding hydrogens is 328 g/mol. The number of morpholine rings is 1. The lowest BCUT2D eigenvalue weighted by Gasteiger charge is -2.35. The third kappa shape index (κ3) is 3.22. The monoisotopic (exact) mass is 352 g/mol. The second-order valence-corrected chi connectivity index (χ2v) is 7.03. The van der Waals surface area contributed by atoms with E-state index in [0.29, 0.717) is 5.95 Å². The first kappa shape index (κ1) is 16.8. The number of fused-ring (bicyclic) bond motifs is 1. The zero-order chi connectivity index (χ0) is 18.3. The van der Waals surface area contributed by atoms with Crippen molar-refractivity contribution in [3.63, 3.8) is 0 Å². The number of hydrogen-bond acceptors (Lipinski definition) is 6. The Balaban J connectivity index is 1.75. The number of anilines is 3. The SMILES string of the molecule is Cc1ccc(Nc2nc(N3C[C@@H](C)O[C@@H](C)C3)nc3c2cnn3C)cc1. The Bertz CT molecular complexity index is 910. The maximum atomic E-state index is 5.84. The number of aromatic nitrogens is 4. The average molecular weight is 352 g/mol. The van der Waals surface area contributed by atoms with E-state index in [9.17, 15) is 0 Å². The zero-order valence-electron chi connectivity index (χ0n) is 15.6. The molecule has 4 rings (SSSR count). The molecule has 136 valence electrons. The average Bonchev–Trinajstić information content (AvgIpc) is 2.97. The highest BCUT2D eigenvalue weighted by Crippen LogP contribution is 2.27. The van der Waals surface area contributed by atoms with Gasteiger partial charge in [0.1, 0.15) is 5.82 Å². The van der Waals surface area contributed by atoms with Crippen LogP contribution in [-0.4, -0.2) is 45.0 Å². The molecule has 1 fully saturated rings. The Morgan fingerprint density at radius 2 is 1.77 bits per heavy atom. The van der Waals surface area contributed by atoms with Gasteiger partial charge < -0.3 is 15.0 Å². The van der Waals surface area contributed by atoms with E-state index >= 15 is 0 Å². The molecule has 3 heterocycles. The number of benzene rings is 1. The van der Waals surface area contributed by atoms with Crippen molar-refractivity contribution in [2.75, 3.05) is 23.3 Å². The first-order valence-corrected chi connectivity index (χ1v) is 8.93. The lowest BCUT2D eigenvalue weighted by atomic mass is 10.2. The van der Waals surface area contributed by atoms with Gasteiger partial charge in [0.2, 0.25) is 5.95 Å². The quantitative estimate of drug-likeness (QED) is 0.781. The van der Waals surface area contributed by atoms with Crippen LogP contribution in [0.4, 0.5) is 17.5 Å². The van der Waals surface area contributed by atoms with Gasteiger partial charge in [0.05, 0.1) is 23.8 Å². The fraction of sp³-hybridized carbons (Fsp3) is 0.421. The first-order chi connectivity index (χ1) is 12.5. The number of aryl methyl sites for hydroxylation is 2. The second-order valence-electron chi connectivity index (χ2n) is 7.03. The lowest BCUT2D eigenvalue weighted by Crippen LogP contribution is -2.46. The molecule has 0 spiro atoms. The Morgan fingerprint density at radius 1 is 1.08 bits per heavy atom. The molecule has 2 aromatic heterocycles. The van der Waals surface area contributed by atoms with Crippen LogP contribution in [0.3, 0.4) is 0 Å². The molecule has 3 aromatic rings. The molecule has 1 saturated heterocycles. The van der Waals surface area contributed by atoms with Gasteiger partial charge in [-0.3, -0.25) is 4.68 Å². The van der Waals surface area contributed by atoms with Crippen LogP contribution in [0.1, 0.15) is 19.4 Å². The standard InChI is InChI=1S/C19H24N6O/c1-12-5-7-15(8-6-12)21-17-16-9-20-24(4)18(16)23-19(22-17)25-10-13(2)26-14(3)11-25/h5-9,13-14H,10-11H2,1-4H3,(H,21,22,23)/t13-,14+. The summed E-state index contributed by atoms with van der Waals surface area (Å²) < 4.78 is 7.63. The summed E-state index contributed by atoms with van der Waals surface area (Å²) in [6.45, 7) is 7.79. The van der Waals surface area contributed by atoms with Crippen LogP contribution < -0.4 is 10.2 Å². The molecule has 1 aliphatic heterocycles. The van der Waals surface area contributed by atoms with Gasteiger partial charge in [0.25, 0.3) is 0 Å². The highest BCUT2D eigenvalue weighted by Gasteiger charge is 2.25. The summed E-state index contributed by atoms with van der Waals surface area (Å²) in [6.07, 6.45) is 2.11. The summed E-state index contributed by atoms with van der Waals surface area (Å²) in [5, 5.41) is 8.69. The number of ether oxygens (including phenoxy) is 1. The van der Waals surface area contributed by atoms with Crippen LogP contribution >= 0.6 is 0 Å². The van der Waals surface area contributed by atoms with E-state index in [1.165, 1.54) is 5.56 Å². The van der Waals surface area contributed by atoms with Gasteiger partial charge in [-0.15, -0.1) is 0 Å². The molecule has 0 unspecified atom stereocenters. The highest BCUT2D eigenvalue weighted by atomic mass is 16.5. The smallest absolute Gasteiger partial charge is 0.229 e. The molecule has 0 saturated carbocycles. The van der Waals surface area contributed by atoms with E-state index < -0.39 is 0 Å². The topological polar surface area (TPSA) is 68.1 Å². The Kier molecular flexibility index (Phi) is 4.24. The second kappa shape index (κ2) is 6.57. The number of nitrogens with zero attached hydrogens (tertiary/aromatic N) is 5. The summed E-state index contributed by atoms with van der Waals surface area (Å²) in [7, 11) is 1.90. The molecule has 1 aliphatic rings. The van der Waals surface area contributed by atoms with Crippen molar-refractivity contribution >= 4 is 28.5 Å². The van der Waals surface area contributed by atoms with Crippen molar-refractivity contribution < 1.29 is 4.74 Å².